The minimum atomic E-state index is 0.0322. The van der Waals surface area contributed by atoms with Crippen LogP contribution in [0.15, 0.2) is 36.7 Å². The smallest absolute Gasteiger partial charge is 0.240 e. The Kier molecular flexibility index (Phi) is 3.37. The Morgan fingerprint density at radius 3 is 3.17 bits per heavy atom. The van der Waals surface area contributed by atoms with E-state index in [9.17, 15) is 4.79 Å². The minimum Gasteiger partial charge on any atom is -0.350 e. The largest absolute Gasteiger partial charge is 0.350 e. The lowest BCUT2D eigenvalue weighted by Crippen LogP contribution is -2.42. The molecule has 1 aliphatic heterocycles. The first-order valence-corrected chi connectivity index (χ1v) is 7.92. The van der Waals surface area contributed by atoms with Gasteiger partial charge in [0.1, 0.15) is 18.2 Å². The second kappa shape index (κ2) is 5.53. The highest BCUT2D eigenvalue weighted by Gasteiger charge is 2.21. The molecule has 6 nitrogen and oxygen atoms in total. The number of aromatic nitrogens is 4. The van der Waals surface area contributed by atoms with Gasteiger partial charge in [-0.25, -0.2) is 9.97 Å². The van der Waals surface area contributed by atoms with E-state index in [1.54, 1.807) is 0 Å². The van der Waals surface area contributed by atoms with Crippen molar-refractivity contribution in [1.82, 2.24) is 24.4 Å². The molecule has 118 valence electrons. The van der Waals surface area contributed by atoms with Crippen LogP contribution in [0.4, 0.5) is 0 Å². The van der Waals surface area contributed by atoms with Crippen molar-refractivity contribution in [3.05, 3.63) is 48.3 Å². The zero-order valence-electron chi connectivity index (χ0n) is 13.1. The molecule has 6 heteroatoms. The molecule has 1 aliphatic rings. The third-order valence-corrected chi connectivity index (χ3v) is 4.45. The number of fused-ring (bicyclic) bond motifs is 2. The molecule has 1 amide bonds. The Balaban J connectivity index is 1.47. The van der Waals surface area contributed by atoms with E-state index in [1.807, 2.05) is 48.1 Å². The molecule has 0 radical (unpaired) electrons. The van der Waals surface area contributed by atoms with Crippen LogP contribution in [0, 0.1) is 6.92 Å². The summed E-state index contributed by atoms with van der Waals surface area (Å²) < 4.78 is 4.09. The fraction of sp³-hybridized carbons (Fsp3) is 0.353. The molecule has 0 spiro atoms. The monoisotopic (exact) mass is 309 g/mol. The van der Waals surface area contributed by atoms with Crippen molar-refractivity contribution in [2.24, 2.45) is 0 Å². The lowest BCUT2D eigenvalue weighted by Gasteiger charge is -2.25. The fourth-order valence-corrected chi connectivity index (χ4v) is 3.30. The molecule has 1 aromatic carbocycles. The van der Waals surface area contributed by atoms with Crippen molar-refractivity contribution in [3.63, 3.8) is 0 Å². The third kappa shape index (κ3) is 2.60. The van der Waals surface area contributed by atoms with Gasteiger partial charge in [-0.1, -0.05) is 12.1 Å². The summed E-state index contributed by atoms with van der Waals surface area (Å²) in [7, 11) is 0. The summed E-state index contributed by atoms with van der Waals surface area (Å²) in [6.45, 7) is 3.04. The number of amides is 1. The normalized spacial score (nSPS) is 17.2. The number of imidazole rings is 2. The van der Waals surface area contributed by atoms with E-state index in [2.05, 4.69) is 19.9 Å². The maximum absolute atomic E-state index is 12.4. The number of aryl methyl sites for hydroxylation is 2. The van der Waals surface area contributed by atoms with Crippen LogP contribution in [0.2, 0.25) is 0 Å². The Morgan fingerprint density at radius 1 is 1.39 bits per heavy atom. The van der Waals surface area contributed by atoms with Crippen LogP contribution in [0.5, 0.6) is 0 Å². The van der Waals surface area contributed by atoms with Crippen LogP contribution < -0.4 is 5.32 Å². The average molecular weight is 309 g/mol. The summed E-state index contributed by atoms with van der Waals surface area (Å²) in [6.07, 6.45) is 5.64. The number of nitrogens with one attached hydrogen (secondary N) is 1. The van der Waals surface area contributed by atoms with Gasteiger partial charge < -0.3 is 14.5 Å². The average Bonchev–Trinajstić information content (AvgIpc) is 3.12. The number of carbonyl (C=O) groups is 1. The Labute approximate surface area is 134 Å². The lowest BCUT2D eigenvalue weighted by molar-refractivity contribution is -0.122. The molecule has 1 N–H and O–H groups in total. The van der Waals surface area contributed by atoms with E-state index in [4.69, 9.17) is 0 Å². The second-order valence-corrected chi connectivity index (χ2v) is 6.03. The quantitative estimate of drug-likeness (QED) is 0.800. The van der Waals surface area contributed by atoms with Crippen molar-refractivity contribution in [2.45, 2.75) is 38.9 Å². The summed E-state index contributed by atoms with van der Waals surface area (Å²) in [5, 5.41) is 3.14. The standard InChI is InChI=1S/C17H19N5O/c1-12-19-14-4-2-3-5-15(14)22(12)11-17(23)20-13-6-7-16-18-8-9-21(16)10-13/h2-5,8-9,13H,6-7,10-11H2,1H3,(H,20,23)/t13-/m1/s1. The molecule has 23 heavy (non-hydrogen) atoms. The summed E-state index contributed by atoms with van der Waals surface area (Å²) >= 11 is 0. The molecular weight excluding hydrogens is 290 g/mol. The van der Waals surface area contributed by atoms with Crippen molar-refractivity contribution in [3.8, 4) is 0 Å². The number of hydrogen-bond donors (Lipinski definition) is 1. The van der Waals surface area contributed by atoms with Crippen LogP contribution in [-0.4, -0.2) is 31.1 Å². The van der Waals surface area contributed by atoms with Gasteiger partial charge in [0, 0.05) is 31.4 Å². The van der Waals surface area contributed by atoms with Gasteiger partial charge in [-0.3, -0.25) is 4.79 Å². The van der Waals surface area contributed by atoms with Crippen LogP contribution in [-0.2, 0) is 24.3 Å². The zero-order valence-corrected chi connectivity index (χ0v) is 13.1. The molecule has 0 unspecified atom stereocenters. The Hall–Kier alpha value is -2.63. The first-order chi connectivity index (χ1) is 11.2. The van der Waals surface area contributed by atoms with E-state index >= 15 is 0 Å². The van der Waals surface area contributed by atoms with Crippen molar-refractivity contribution < 1.29 is 4.79 Å². The Morgan fingerprint density at radius 2 is 2.26 bits per heavy atom. The molecule has 3 heterocycles. The number of hydrogen-bond acceptors (Lipinski definition) is 3. The third-order valence-electron chi connectivity index (χ3n) is 4.45. The highest BCUT2D eigenvalue weighted by molar-refractivity contribution is 5.81. The summed E-state index contributed by atoms with van der Waals surface area (Å²) in [6, 6.07) is 8.07. The number of carbonyl (C=O) groups excluding carboxylic acids is 1. The number of para-hydroxylation sites is 2. The van der Waals surface area contributed by atoms with E-state index in [0.717, 1.165) is 42.1 Å². The van der Waals surface area contributed by atoms with Crippen molar-refractivity contribution >= 4 is 16.9 Å². The van der Waals surface area contributed by atoms with Gasteiger partial charge in [0.05, 0.1) is 11.0 Å². The van der Waals surface area contributed by atoms with Crippen LogP contribution in [0.25, 0.3) is 11.0 Å². The van der Waals surface area contributed by atoms with Gasteiger partial charge in [0.25, 0.3) is 0 Å². The van der Waals surface area contributed by atoms with E-state index in [-0.39, 0.29) is 11.9 Å². The summed E-state index contributed by atoms with van der Waals surface area (Å²) in [5.41, 5.74) is 1.93. The molecule has 0 aliphatic carbocycles. The SMILES string of the molecule is Cc1nc2ccccc2n1CC(=O)N[C@@H]1CCc2nccn2C1. The lowest BCUT2D eigenvalue weighted by atomic mass is 10.1. The number of rotatable bonds is 3. The van der Waals surface area contributed by atoms with Gasteiger partial charge >= 0.3 is 0 Å². The fourth-order valence-electron chi connectivity index (χ4n) is 3.30. The van der Waals surface area contributed by atoms with E-state index in [0.29, 0.717) is 6.54 Å². The molecule has 1 atom stereocenters. The molecule has 3 aromatic rings. The maximum Gasteiger partial charge on any atom is 0.240 e. The zero-order chi connectivity index (χ0) is 15.8. The summed E-state index contributed by atoms with van der Waals surface area (Å²) in [4.78, 5) is 21.3. The molecule has 0 fully saturated rings. The molecule has 2 aromatic heterocycles. The summed E-state index contributed by atoms with van der Waals surface area (Å²) in [5.74, 6) is 2.00. The van der Waals surface area contributed by atoms with E-state index < -0.39 is 0 Å². The first kappa shape index (κ1) is 14.0. The maximum atomic E-state index is 12.4. The number of benzene rings is 1. The highest BCUT2D eigenvalue weighted by Crippen LogP contribution is 2.16. The molecule has 0 saturated carbocycles. The molecule has 0 saturated heterocycles. The van der Waals surface area contributed by atoms with Gasteiger partial charge in [-0.2, -0.15) is 0 Å². The van der Waals surface area contributed by atoms with Gasteiger partial charge in [0.15, 0.2) is 0 Å². The van der Waals surface area contributed by atoms with Crippen LogP contribution in [0.3, 0.4) is 0 Å². The van der Waals surface area contributed by atoms with E-state index in [1.165, 1.54) is 0 Å². The predicted octanol–water partition coefficient (Wildman–Crippen LogP) is 1.67. The minimum absolute atomic E-state index is 0.0322. The van der Waals surface area contributed by atoms with Gasteiger partial charge in [0.2, 0.25) is 5.91 Å². The first-order valence-electron chi connectivity index (χ1n) is 7.92. The van der Waals surface area contributed by atoms with Gasteiger partial charge in [-0.05, 0) is 25.5 Å². The Bertz CT molecular complexity index is 863. The van der Waals surface area contributed by atoms with Crippen LogP contribution in [0.1, 0.15) is 18.1 Å². The molecule has 0 bridgehead atoms. The molecule has 4 rings (SSSR count). The molecular formula is C17H19N5O. The second-order valence-electron chi connectivity index (χ2n) is 6.03. The number of nitrogens with zero attached hydrogens (tertiary/aromatic N) is 4. The van der Waals surface area contributed by atoms with Crippen LogP contribution >= 0.6 is 0 Å². The highest BCUT2D eigenvalue weighted by atomic mass is 16.2. The van der Waals surface area contributed by atoms with Crippen molar-refractivity contribution in [2.75, 3.05) is 0 Å². The van der Waals surface area contributed by atoms with Gasteiger partial charge in [-0.15, -0.1) is 0 Å². The predicted molar refractivity (Wildman–Crippen MR) is 86.9 cm³/mol. The van der Waals surface area contributed by atoms with Crippen molar-refractivity contribution in [1.29, 1.82) is 0 Å². The topological polar surface area (TPSA) is 64.7 Å².